The Hall–Kier alpha value is -2.55. The maximum Gasteiger partial charge on any atom is 0.251 e. The Labute approximate surface area is 156 Å². The second-order valence-electron chi connectivity index (χ2n) is 6.73. The average Bonchev–Trinajstić information content (AvgIpc) is 2.70. The van der Waals surface area contributed by atoms with Gasteiger partial charge in [-0.2, -0.15) is 0 Å². The van der Waals surface area contributed by atoms with Gasteiger partial charge in [-0.1, -0.05) is 48.0 Å². The van der Waals surface area contributed by atoms with Crippen LogP contribution in [0.4, 0.5) is 0 Å². The summed E-state index contributed by atoms with van der Waals surface area (Å²) in [6.07, 6.45) is 9.09. The lowest BCUT2D eigenvalue weighted by atomic mass is 9.97. The molecule has 3 rings (SSSR count). The quantitative estimate of drug-likeness (QED) is 0.686. The molecule has 0 spiro atoms. The third kappa shape index (κ3) is 5.76. The van der Waals surface area contributed by atoms with Gasteiger partial charge in [0.05, 0.1) is 6.61 Å². The summed E-state index contributed by atoms with van der Waals surface area (Å²) in [4.78, 5) is 12.3. The van der Waals surface area contributed by atoms with Crippen molar-refractivity contribution in [2.75, 3.05) is 13.2 Å². The van der Waals surface area contributed by atoms with E-state index in [1.54, 1.807) is 0 Å². The largest absolute Gasteiger partial charge is 0.493 e. The molecule has 26 heavy (non-hydrogen) atoms. The van der Waals surface area contributed by atoms with E-state index in [0.29, 0.717) is 18.7 Å². The van der Waals surface area contributed by atoms with Crippen molar-refractivity contribution in [1.29, 1.82) is 0 Å². The Kier molecular flexibility index (Phi) is 6.88. The second-order valence-corrected chi connectivity index (χ2v) is 6.73. The summed E-state index contributed by atoms with van der Waals surface area (Å²) in [5.74, 6) is 0.707. The van der Waals surface area contributed by atoms with Gasteiger partial charge in [-0.15, -0.1) is 0 Å². The van der Waals surface area contributed by atoms with Crippen molar-refractivity contribution < 1.29 is 9.53 Å². The molecule has 3 heteroatoms. The highest BCUT2D eigenvalue weighted by Crippen LogP contribution is 2.19. The zero-order valence-corrected chi connectivity index (χ0v) is 15.2. The second kappa shape index (κ2) is 9.81. The van der Waals surface area contributed by atoms with E-state index in [0.717, 1.165) is 18.6 Å². The van der Waals surface area contributed by atoms with Crippen LogP contribution >= 0.6 is 0 Å². The molecule has 1 amide bonds. The van der Waals surface area contributed by atoms with E-state index in [-0.39, 0.29) is 5.91 Å². The standard InChI is InChI=1S/C23H27NO2/c25-23(24-16-14-19-8-3-1-4-9-19)21-12-7-13-22(18-21)26-17-15-20-10-5-2-6-11-20/h2,5-8,10-13,18H,1,3-4,9,14-17H2,(H,24,25). The number of rotatable bonds is 8. The van der Waals surface area contributed by atoms with Gasteiger partial charge < -0.3 is 10.1 Å². The third-order valence-corrected chi connectivity index (χ3v) is 4.72. The molecule has 2 aromatic rings. The van der Waals surface area contributed by atoms with Gasteiger partial charge in [-0.3, -0.25) is 4.79 Å². The third-order valence-electron chi connectivity index (χ3n) is 4.72. The van der Waals surface area contributed by atoms with E-state index in [1.165, 1.54) is 36.8 Å². The summed E-state index contributed by atoms with van der Waals surface area (Å²) < 4.78 is 5.81. The molecule has 0 unspecified atom stereocenters. The van der Waals surface area contributed by atoms with Crippen molar-refractivity contribution in [3.63, 3.8) is 0 Å². The smallest absolute Gasteiger partial charge is 0.251 e. The monoisotopic (exact) mass is 349 g/mol. The lowest BCUT2D eigenvalue weighted by Crippen LogP contribution is -2.24. The zero-order chi connectivity index (χ0) is 18.0. The molecule has 0 saturated carbocycles. The molecular formula is C23H27NO2. The Bertz CT molecular complexity index is 737. The average molecular weight is 349 g/mol. The van der Waals surface area contributed by atoms with Gasteiger partial charge >= 0.3 is 0 Å². The van der Waals surface area contributed by atoms with Crippen LogP contribution in [0.2, 0.25) is 0 Å². The molecule has 1 aliphatic rings. The van der Waals surface area contributed by atoms with E-state index in [2.05, 4.69) is 23.5 Å². The number of hydrogen-bond donors (Lipinski definition) is 1. The summed E-state index contributed by atoms with van der Waals surface area (Å²) in [7, 11) is 0. The predicted octanol–water partition coefficient (Wildman–Crippen LogP) is 4.93. The number of amides is 1. The minimum atomic E-state index is -0.0325. The predicted molar refractivity (Wildman–Crippen MR) is 106 cm³/mol. The lowest BCUT2D eigenvalue weighted by Gasteiger charge is -2.13. The highest BCUT2D eigenvalue weighted by Gasteiger charge is 2.08. The first kappa shape index (κ1) is 18.2. The molecule has 0 radical (unpaired) electrons. The van der Waals surface area contributed by atoms with Crippen LogP contribution in [-0.4, -0.2) is 19.1 Å². The fourth-order valence-corrected chi connectivity index (χ4v) is 3.23. The summed E-state index contributed by atoms with van der Waals surface area (Å²) in [6.45, 7) is 1.30. The van der Waals surface area contributed by atoms with Crippen molar-refractivity contribution in [2.45, 2.75) is 38.5 Å². The van der Waals surface area contributed by atoms with Crippen LogP contribution in [0.15, 0.2) is 66.2 Å². The zero-order valence-electron chi connectivity index (χ0n) is 15.2. The molecular weight excluding hydrogens is 322 g/mol. The summed E-state index contributed by atoms with van der Waals surface area (Å²) >= 11 is 0. The summed E-state index contributed by atoms with van der Waals surface area (Å²) in [6, 6.07) is 17.7. The van der Waals surface area contributed by atoms with Crippen LogP contribution in [0.1, 0.15) is 48.0 Å². The molecule has 0 bridgehead atoms. The maximum absolute atomic E-state index is 12.3. The van der Waals surface area contributed by atoms with E-state index in [4.69, 9.17) is 4.74 Å². The Morgan fingerprint density at radius 1 is 1.00 bits per heavy atom. The number of ether oxygens (including phenoxy) is 1. The van der Waals surface area contributed by atoms with Crippen molar-refractivity contribution in [2.24, 2.45) is 0 Å². The Morgan fingerprint density at radius 2 is 1.88 bits per heavy atom. The van der Waals surface area contributed by atoms with E-state index >= 15 is 0 Å². The topological polar surface area (TPSA) is 38.3 Å². The molecule has 0 aromatic heterocycles. The minimum absolute atomic E-state index is 0.0325. The number of nitrogens with one attached hydrogen (secondary N) is 1. The van der Waals surface area contributed by atoms with Crippen molar-refractivity contribution in [3.05, 3.63) is 77.4 Å². The van der Waals surface area contributed by atoms with Crippen LogP contribution < -0.4 is 10.1 Å². The van der Waals surface area contributed by atoms with Gasteiger partial charge in [0, 0.05) is 18.5 Å². The normalized spacial score (nSPS) is 13.8. The molecule has 136 valence electrons. The summed E-state index contributed by atoms with van der Waals surface area (Å²) in [5.41, 5.74) is 3.38. The van der Waals surface area contributed by atoms with Crippen LogP contribution in [0.25, 0.3) is 0 Å². The van der Waals surface area contributed by atoms with E-state index in [9.17, 15) is 4.79 Å². The summed E-state index contributed by atoms with van der Waals surface area (Å²) in [5, 5.41) is 3.02. The van der Waals surface area contributed by atoms with Gasteiger partial charge in [0.25, 0.3) is 5.91 Å². The molecule has 0 atom stereocenters. The highest BCUT2D eigenvalue weighted by atomic mass is 16.5. The number of hydrogen-bond acceptors (Lipinski definition) is 2. The van der Waals surface area contributed by atoms with Gasteiger partial charge in [0.15, 0.2) is 0 Å². The van der Waals surface area contributed by atoms with Crippen LogP contribution in [0.5, 0.6) is 5.75 Å². The van der Waals surface area contributed by atoms with E-state index in [1.807, 2.05) is 42.5 Å². The fraction of sp³-hybridized carbons (Fsp3) is 0.348. The highest BCUT2D eigenvalue weighted by molar-refractivity contribution is 5.94. The first-order chi connectivity index (χ1) is 12.8. The first-order valence-corrected chi connectivity index (χ1v) is 9.54. The molecule has 2 aromatic carbocycles. The minimum Gasteiger partial charge on any atom is -0.493 e. The van der Waals surface area contributed by atoms with Gasteiger partial charge in [0.1, 0.15) is 5.75 Å². The Balaban J connectivity index is 1.45. The first-order valence-electron chi connectivity index (χ1n) is 9.54. The molecule has 0 saturated heterocycles. The molecule has 0 aliphatic heterocycles. The van der Waals surface area contributed by atoms with Crippen LogP contribution in [0.3, 0.4) is 0 Å². The van der Waals surface area contributed by atoms with Gasteiger partial charge in [0.2, 0.25) is 0 Å². The molecule has 1 aliphatic carbocycles. The molecule has 1 N–H and O–H groups in total. The molecule has 3 nitrogen and oxygen atoms in total. The number of allylic oxidation sites excluding steroid dienone is 1. The van der Waals surface area contributed by atoms with Crippen LogP contribution in [0, 0.1) is 0 Å². The number of carbonyl (C=O) groups is 1. The van der Waals surface area contributed by atoms with Gasteiger partial charge in [-0.25, -0.2) is 0 Å². The van der Waals surface area contributed by atoms with Crippen molar-refractivity contribution in [3.8, 4) is 5.75 Å². The fourth-order valence-electron chi connectivity index (χ4n) is 3.23. The van der Waals surface area contributed by atoms with Crippen molar-refractivity contribution >= 4 is 5.91 Å². The van der Waals surface area contributed by atoms with Crippen molar-refractivity contribution in [1.82, 2.24) is 5.32 Å². The number of carbonyl (C=O) groups excluding carboxylic acids is 1. The maximum atomic E-state index is 12.3. The number of benzene rings is 2. The molecule has 0 heterocycles. The molecule has 0 fully saturated rings. The lowest BCUT2D eigenvalue weighted by molar-refractivity contribution is 0.0953. The Morgan fingerprint density at radius 3 is 2.69 bits per heavy atom. The van der Waals surface area contributed by atoms with Crippen LogP contribution in [-0.2, 0) is 6.42 Å². The van der Waals surface area contributed by atoms with E-state index < -0.39 is 0 Å². The SMILES string of the molecule is O=C(NCCC1=CCCCC1)c1cccc(OCCc2ccccc2)c1. The van der Waals surface area contributed by atoms with Gasteiger partial charge in [-0.05, 0) is 55.9 Å².